The van der Waals surface area contributed by atoms with Crippen molar-refractivity contribution in [1.29, 1.82) is 0 Å². The molecule has 2 nitrogen and oxygen atoms in total. The summed E-state index contributed by atoms with van der Waals surface area (Å²) in [6, 6.07) is 0. The Balaban J connectivity index is 4.06. The van der Waals surface area contributed by atoms with Gasteiger partial charge in [0.05, 0.1) is 12.4 Å². The van der Waals surface area contributed by atoms with E-state index < -0.39 is 8.32 Å². The highest BCUT2D eigenvalue weighted by Crippen LogP contribution is 2.36. The van der Waals surface area contributed by atoms with Gasteiger partial charge < -0.3 is 9.53 Å². The summed E-state index contributed by atoms with van der Waals surface area (Å²) < 4.78 is 5.79. The highest BCUT2D eigenvalue weighted by atomic mass is 28.4. The Labute approximate surface area is 89.1 Å². The normalized spacial score (nSPS) is 15.9. The molecule has 0 aromatic heterocycles. The van der Waals surface area contributed by atoms with Crippen LogP contribution in [0.1, 0.15) is 34.1 Å². The van der Waals surface area contributed by atoms with Crippen molar-refractivity contribution < 1.29 is 9.53 Å². The fourth-order valence-corrected chi connectivity index (χ4v) is 1.44. The minimum Gasteiger partial charge on any atom is -0.549 e. The lowest BCUT2D eigenvalue weighted by atomic mass is 10.2. The lowest BCUT2D eigenvalue weighted by molar-refractivity contribution is 0.197. The lowest BCUT2D eigenvalue weighted by Gasteiger charge is -2.35. The van der Waals surface area contributed by atoms with Crippen LogP contribution in [0.25, 0.3) is 0 Å². The van der Waals surface area contributed by atoms with Crippen LogP contribution in [0.15, 0.2) is 12.3 Å². The molecule has 0 aromatic carbocycles. The minimum absolute atomic E-state index is 0.238. The molecule has 0 spiro atoms. The van der Waals surface area contributed by atoms with Gasteiger partial charge in [-0.1, -0.05) is 20.8 Å². The van der Waals surface area contributed by atoms with Crippen LogP contribution in [0.5, 0.6) is 0 Å². The van der Waals surface area contributed by atoms with Crippen molar-refractivity contribution in [3.63, 3.8) is 0 Å². The molecule has 0 aliphatic heterocycles. The van der Waals surface area contributed by atoms with Gasteiger partial charge in [0.1, 0.15) is 0 Å². The SMILES string of the molecule is C[C@@H](O)CC=CO[Si](C)(C)C(C)(C)C. The zero-order valence-corrected chi connectivity index (χ0v) is 11.3. The third kappa shape index (κ3) is 4.82. The fraction of sp³-hybridized carbons (Fsp3) is 0.818. The molecule has 0 amide bonds. The van der Waals surface area contributed by atoms with Crippen LogP contribution in [0.3, 0.4) is 0 Å². The molecule has 0 radical (unpaired) electrons. The zero-order valence-electron chi connectivity index (χ0n) is 10.3. The maximum atomic E-state index is 9.05. The lowest BCUT2D eigenvalue weighted by Crippen LogP contribution is -2.39. The highest BCUT2D eigenvalue weighted by Gasteiger charge is 2.37. The Morgan fingerprint density at radius 3 is 2.21 bits per heavy atom. The first-order valence-electron chi connectivity index (χ1n) is 5.18. The molecule has 1 atom stereocenters. The number of rotatable bonds is 4. The molecule has 3 heteroatoms. The molecule has 0 heterocycles. The Bertz CT molecular complexity index is 190. The Morgan fingerprint density at radius 2 is 1.86 bits per heavy atom. The van der Waals surface area contributed by atoms with E-state index >= 15 is 0 Å². The highest BCUT2D eigenvalue weighted by molar-refractivity contribution is 6.74. The van der Waals surface area contributed by atoms with E-state index in [1.807, 2.05) is 6.08 Å². The van der Waals surface area contributed by atoms with Crippen molar-refractivity contribution in [2.75, 3.05) is 0 Å². The summed E-state index contributed by atoms with van der Waals surface area (Å²) in [6.07, 6.45) is 4.03. The van der Waals surface area contributed by atoms with Gasteiger partial charge in [0.2, 0.25) is 8.32 Å². The van der Waals surface area contributed by atoms with Crippen molar-refractivity contribution in [3.05, 3.63) is 12.3 Å². The van der Waals surface area contributed by atoms with Crippen molar-refractivity contribution in [3.8, 4) is 0 Å². The molecule has 0 aliphatic rings. The summed E-state index contributed by atoms with van der Waals surface area (Å²) in [5.41, 5.74) is 0. The molecule has 0 fully saturated rings. The van der Waals surface area contributed by atoms with Gasteiger partial charge in [-0.05, 0) is 37.6 Å². The monoisotopic (exact) mass is 216 g/mol. The Morgan fingerprint density at radius 1 is 1.36 bits per heavy atom. The Hall–Kier alpha value is -0.283. The van der Waals surface area contributed by atoms with E-state index in [-0.39, 0.29) is 11.1 Å². The van der Waals surface area contributed by atoms with E-state index in [0.29, 0.717) is 6.42 Å². The van der Waals surface area contributed by atoms with Crippen molar-refractivity contribution in [2.45, 2.75) is 58.4 Å². The molecule has 0 bridgehead atoms. The fourth-order valence-electron chi connectivity index (χ4n) is 0.647. The van der Waals surface area contributed by atoms with Gasteiger partial charge in [0.25, 0.3) is 0 Å². The van der Waals surface area contributed by atoms with Crippen LogP contribution in [-0.2, 0) is 4.43 Å². The van der Waals surface area contributed by atoms with Crippen LogP contribution < -0.4 is 0 Å². The van der Waals surface area contributed by atoms with E-state index in [2.05, 4.69) is 33.9 Å². The van der Waals surface area contributed by atoms with E-state index in [4.69, 9.17) is 9.53 Å². The van der Waals surface area contributed by atoms with E-state index in [9.17, 15) is 0 Å². The third-order valence-corrected chi connectivity index (χ3v) is 7.08. The molecule has 0 saturated carbocycles. The van der Waals surface area contributed by atoms with E-state index in [1.54, 1.807) is 13.2 Å². The number of hydrogen-bond donors (Lipinski definition) is 1. The molecule has 0 aromatic rings. The molecule has 0 unspecified atom stereocenters. The second-order valence-electron chi connectivity index (χ2n) is 5.33. The number of aliphatic hydroxyl groups excluding tert-OH is 1. The zero-order chi connectivity index (χ0) is 11.4. The van der Waals surface area contributed by atoms with Crippen molar-refractivity contribution in [1.82, 2.24) is 0 Å². The average molecular weight is 216 g/mol. The quantitative estimate of drug-likeness (QED) is 0.577. The topological polar surface area (TPSA) is 29.5 Å². The van der Waals surface area contributed by atoms with Gasteiger partial charge in [0.15, 0.2) is 0 Å². The molecule has 0 aliphatic carbocycles. The first-order valence-corrected chi connectivity index (χ1v) is 8.08. The van der Waals surface area contributed by atoms with Gasteiger partial charge in [0, 0.05) is 0 Å². The van der Waals surface area contributed by atoms with Crippen LogP contribution in [-0.4, -0.2) is 19.5 Å². The molecule has 0 rings (SSSR count). The van der Waals surface area contributed by atoms with Crippen LogP contribution >= 0.6 is 0 Å². The molecular formula is C11H24O2Si. The number of aliphatic hydroxyl groups is 1. The molecule has 84 valence electrons. The summed E-state index contributed by atoms with van der Waals surface area (Å²) in [6.45, 7) is 12.8. The molecule has 14 heavy (non-hydrogen) atoms. The van der Waals surface area contributed by atoms with Gasteiger partial charge in [-0.15, -0.1) is 0 Å². The Kier molecular flexibility index (Phi) is 4.88. The number of hydrogen-bond acceptors (Lipinski definition) is 2. The molecule has 1 N–H and O–H groups in total. The second kappa shape index (κ2) is 4.98. The first kappa shape index (κ1) is 13.7. The standard InChI is InChI=1S/C11H24O2Si/c1-10(12)8-7-9-13-14(5,6)11(2,3)4/h7,9-10,12H,8H2,1-6H3/t10-/m1/s1. The van der Waals surface area contributed by atoms with Crippen LogP contribution in [0.4, 0.5) is 0 Å². The summed E-state index contributed by atoms with van der Waals surface area (Å²) in [5, 5.41) is 9.28. The minimum atomic E-state index is -1.65. The van der Waals surface area contributed by atoms with Crippen molar-refractivity contribution >= 4 is 8.32 Å². The first-order chi connectivity index (χ1) is 6.17. The summed E-state index contributed by atoms with van der Waals surface area (Å²) in [4.78, 5) is 0. The van der Waals surface area contributed by atoms with E-state index in [0.717, 1.165) is 0 Å². The maximum Gasteiger partial charge on any atom is 0.249 e. The van der Waals surface area contributed by atoms with Crippen LogP contribution in [0.2, 0.25) is 18.1 Å². The predicted octanol–water partition coefficient (Wildman–Crippen LogP) is 3.29. The largest absolute Gasteiger partial charge is 0.549 e. The second-order valence-corrected chi connectivity index (χ2v) is 10.1. The molecular weight excluding hydrogens is 192 g/mol. The van der Waals surface area contributed by atoms with Gasteiger partial charge in [-0.2, -0.15) is 0 Å². The third-order valence-electron chi connectivity index (χ3n) is 2.74. The van der Waals surface area contributed by atoms with Gasteiger partial charge >= 0.3 is 0 Å². The summed E-state index contributed by atoms with van der Waals surface area (Å²) >= 11 is 0. The molecule has 0 saturated heterocycles. The summed E-state index contributed by atoms with van der Waals surface area (Å²) in [7, 11) is -1.65. The van der Waals surface area contributed by atoms with Gasteiger partial charge in [-0.25, -0.2) is 0 Å². The predicted molar refractivity (Wildman–Crippen MR) is 63.7 cm³/mol. The van der Waals surface area contributed by atoms with E-state index in [1.165, 1.54) is 0 Å². The smallest absolute Gasteiger partial charge is 0.249 e. The summed E-state index contributed by atoms with van der Waals surface area (Å²) in [5.74, 6) is 0. The van der Waals surface area contributed by atoms with Gasteiger partial charge in [-0.3, -0.25) is 0 Å². The van der Waals surface area contributed by atoms with Crippen molar-refractivity contribution in [2.24, 2.45) is 0 Å². The average Bonchev–Trinajstić information content (AvgIpc) is 1.95. The maximum absolute atomic E-state index is 9.05. The van der Waals surface area contributed by atoms with Crippen LogP contribution in [0, 0.1) is 0 Å².